The van der Waals surface area contributed by atoms with E-state index in [0.717, 1.165) is 0 Å². The van der Waals surface area contributed by atoms with E-state index in [-0.39, 0.29) is 23.1 Å². The van der Waals surface area contributed by atoms with Crippen LogP contribution in [0.1, 0.15) is 13.8 Å². The Kier molecular flexibility index (Phi) is 3.35. The van der Waals surface area contributed by atoms with E-state index in [1.54, 1.807) is 7.05 Å². The Morgan fingerprint density at radius 1 is 1.39 bits per heavy atom. The number of aryl methyl sites for hydroxylation is 1. The number of imidazole rings is 1. The maximum Gasteiger partial charge on any atom is 0.262 e. The molecule has 2 N–H and O–H groups in total. The van der Waals surface area contributed by atoms with Gasteiger partial charge in [0.1, 0.15) is 0 Å². The number of nitrogens with zero attached hydrogens (tertiary/aromatic N) is 3. The van der Waals surface area contributed by atoms with Gasteiger partial charge in [0.25, 0.3) is 10.0 Å². The molecule has 2 atom stereocenters. The van der Waals surface area contributed by atoms with E-state index in [9.17, 15) is 8.42 Å². The molecule has 18 heavy (non-hydrogen) atoms. The topological polar surface area (TPSA) is 90.5 Å². The smallest absolute Gasteiger partial charge is 0.262 e. The van der Waals surface area contributed by atoms with Crippen LogP contribution in [0.2, 0.25) is 0 Å². The highest BCUT2D eigenvalue weighted by atomic mass is 32.2. The van der Waals surface area contributed by atoms with E-state index in [1.165, 1.54) is 15.2 Å². The summed E-state index contributed by atoms with van der Waals surface area (Å²) in [6, 6.07) is 0. The molecule has 0 amide bonds. The van der Waals surface area contributed by atoms with Crippen molar-refractivity contribution < 1.29 is 13.2 Å². The van der Waals surface area contributed by atoms with Crippen LogP contribution in [0.25, 0.3) is 0 Å². The lowest BCUT2D eigenvalue weighted by Gasteiger charge is -2.34. The van der Waals surface area contributed by atoms with Gasteiger partial charge in [0.05, 0.1) is 18.5 Å². The van der Waals surface area contributed by atoms with Crippen LogP contribution in [-0.4, -0.2) is 47.6 Å². The number of aromatic nitrogens is 2. The summed E-state index contributed by atoms with van der Waals surface area (Å²) in [6.07, 6.45) is 1.14. The number of morpholine rings is 1. The molecule has 1 fully saturated rings. The van der Waals surface area contributed by atoms with Crippen molar-refractivity contribution in [3.8, 4) is 0 Å². The molecule has 2 rings (SSSR count). The maximum absolute atomic E-state index is 12.5. The van der Waals surface area contributed by atoms with Gasteiger partial charge in [-0.1, -0.05) is 0 Å². The van der Waals surface area contributed by atoms with Crippen molar-refractivity contribution >= 4 is 15.8 Å². The van der Waals surface area contributed by atoms with E-state index in [2.05, 4.69) is 4.98 Å². The van der Waals surface area contributed by atoms with E-state index in [0.29, 0.717) is 13.1 Å². The van der Waals surface area contributed by atoms with Gasteiger partial charge in [0.2, 0.25) is 0 Å². The van der Waals surface area contributed by atoms with Gasteiger partial charge in [-0.05, 0) is 13.8 Å². The molecule has 0 unspecified atom stereocenters. The summed E-state index contributed by atoms with van der Waals surface area (Å²) in [7, 11) is -2.00. The first kappa shape index (κ1) is 13.3. The molecule has 8 heteroatoms. The van der Waals surface area contributed by atoms with Crippen molar-refractivity contribution in [2.75, 3.05) is 18.8 Å². The number of rotatable bonds is 2. The minimum atomic E-state index is -3.62. The first-order valence-corrected chi connectivity index (χ1v) is 7.18. The fourth-order valence-corrected chi connectivity index (χ4v) is 3.99. The number of hydrogen-bond donors (Lipinski definition) is 1. The van der Waals surface area contributed by atoms with Crippen LogP contribution >= 0.6 is 0 Å². The second-order valence-electron chi connectivity index (χ2n) is 4.63. The van der Waals surface area contributed by atoms with Crippen molar-refractivity contribution in [3.05, 3.63) is 6.33 Å². The molecule has 1 aromatic rings. The Labute approximate surface area is 107 Å². The average molecular weight is 274 g/mol. The van der Waals surface area contributed by atoms with Crippen LogP contribution < -0.4 is 5.73 Å². The third-order valence-corrected chi connectivity index (χ3v) is 4.84. The number of hydrogen-bond acceptors (Lipinski definition) is 5. The molecule has 2 heterocycles. The molecule has 1 aromatic heterocycles. The summed E-state index contributed by atoms with van der Waals surface area (Å²) in [4.78, 5) is 3.82. The quantitative estimate of drug-likeness (QED) is 0.806. The zero-order valence-electron chi connectivity index (χ0n) is 10.7. The molecule has 1 aliphatic rings. The van der Waals surface area contributed by atoms with Crippen LogP contribution in [0.4, 0.5) is 5.82 Å². The SMILES string of the molecule is C[C@@H]1CN(S(=O)(=O)c2c(N)ncn2C)C[C@H](C)O1. The molecule has 0 aliphatic carbocycles. The Morgan fingerprint density at radius 3 is 2.39 bits per heavy atom. The van der Waals surface area contributed by atoms with Crippen LogP contribution in [0, 0.1) is 0 Å². The van der Waals surface area contributed by atoms with Crippen molar-refractivity contribution in [3.63, 3.8) is 0 Å². The minimum absolute atomic E-state index is 0.0318. The van der Waals surface area contributed by atoms with Crippen molar-refractivity contribution in [1.29, 1.82) is 0 Å². The lowest BCUT2D eigenvalue weighted by molar-refractivity contribution is -0.0441. The molecule has 0 spiro atoms. The zero-order chi connectivity index (χ0) is 13.5. The lowest BCUT2D eigenvalue weighted by Crippen LogP contribution is -2.48. The molecule has 102 valence electrons. The average Bonchev–Trinajstić information content (AvgIpc) is 2.57. The van der Waals surface area contributed by atoms with E-state index < -0.39 is 10.0 Å². The van der Waals surface area contributed by atoms with E-state index in [1.807, 2.05) is 13.8 Å². The van der Waals surface area contributed by atoms with Gasteiger partial charge in [-0.3, -0.25) is 0 Å². The highest BCUT2D eigenvalue weighted by Gasteiger charge is 2.35. The first-order chi connectivity index (χ1) is 8.32. The third-order valence-electron chi connectivity index (χ3n) is 2.88. The van der Waals surface area contributed by atoms with Crippen LogP contribution in [0.5, 0.6) is 0 Å². The normalized spacial score (nSPS) is 26.4. The van der Waals surface area contributed by atoms with Crippen LogP contribution in [-0.2, 0) is 21.8 Å². The van der Waals surface area contributed by atoms with Gasteiger partial charge in [-0.2, -0.15) is 4.31 Å². The van der Waals surface area contributed by atoms with E-state index in [4.69, 9.17) is 10.5 Å². The Balaban J connectivity index is 2.37. The number of nitrogens with two attached hydrogens (primary N) is 1. The summed E-state index contributed by atoms with van der Waals surface area (Å²) < 4.78 is 33.4. The molecular weight excluding hydrogens is 256 g/mol. The third kappa shape index (κ3) is 2.23. The Bertz CT molecular complexity index is 510. The van der Waals surface area contributed by atoms with Crippen molar-refractivity contribution in [2.45, 2.75) is 31.1 Å². The van der Waals surface area contributed by atoms with Crippen molar-refractivity contribution in [1.82, 2.24) is 13.9 Å². The molecule has 1 aliphatic heterocycles. The van der Waals surface area contributed by atoms with Gasteiger partial charge in [0, 0.05) is 20.1 Å². The standard InChI is InChI=1S/C10H18N4O3S/c1-7-4-14(5-8(2)17-7)18(15,16)10-9(11)12-6-13(10)3/h6-8H,4-5,11H2,1-3H3/t7-,8+. The number of sulfonamides is 1. The van der Waals surface area contributed by atoms with Gasteiger partial charge < -0.3 is 15.0 Å². The first-order valence-electron chi connectivity index (χ1n) is 5.74. The lowest BCUT2D eigenvalue weighted by atomic mass is 10.3. The fraction of sp³-hybridized carbons (Fsp3) is 0.700. The predicted octanol–water partition coefficient (Wildman–Crippen LogP) is -0.200. The second-order valence-corrected chi connectivity index (χ2v) is 6.48. The van der Waals surface area contributed by atoms with Crippen LogP contribution in [0.3, 0.4) is 0 Å². The summed E-state index contributed by atoms with van der Waals surface area (Å²) in [6.45, 7) is 4.37. The summed E-state index contributed by atoms with van der Waals surface area (Å²) >= 11 is 0. The van der Waals surface area contributed by atoms with Crippen molar-refractivity contribution in [2.24, 2.45) is 7.05 Å². The minimum Gasteiger partial charge on any atom is -0.381 e. The summed E-state index contributed by atoms with van der Waals surface area (Å²) in [5.74, 6) is 0.0318. The Morgan fingerprint density at radius 2 is 1.94 bits per heavy atom. The molecule has 7 nitrogen and oxygen atoms in total. The summed E-state index contributed by atoms with van der Waals surface area (Å²) in [5, 5.41) is 0.0452. The van der Waals surface area contributed by atoms with Gasteiger partial charge >= 0.3 is 0 Å². The fourth-order valence-electron chi connectivity index (χ4n) is 2.20. The monoisotopic (exact) mass is 274 g/mol. The second kappa shape index (κ2) is 4.52. The van der Waals surface area contributed by atoms with E-state index >= 15 is 0 Å². The molecule has 0 saturated carbocycles. The molecule has 0 aromatic carbocycles. The van der Waals surface area contributed by atoms with Gasteiger partial charge in [-0.25, -0.2) is 13.4 Å². The van der Waals surface area contributed by atoms with Gasteiger partial charge in [-0.15, -0.1) is 0 Å². The largest absolute Gasteiger partial charge is 0.381 e. The van der Waals surface area contributed by atoms with Crippen LogP contribution in [0.15, 0.2) is 11.4 Å². The number of ether oxygens (including phenoxy) is 1. The highest BCUT2D eigenvalue weighted by molar-refractivity contribution is 7.89. The number of anilines is 1. The molecule has 0 radical (unpaired) electrons. The number of nitrogen functional groups attached to an aromatic ring is 1. The summed E-state index contributed by atoms with van der Waals surface area (Å²) in [5.41, 5.74) is 5.63. The Hall–Kier alpha value is -1.12. The van der Waals surface area contributed by atoms with Gasteiger partial charge in [0.15, 0.2) is 10.8 Å². The molecule has 0 bridgehead atoms. The molecular formula is C10H18N4O3S. The molecule has 1 saturated heterocycles. The maximum atomic E-state index is 12.5. The predicted molar refractivity (Wildman–Crippen MR) is 66.4 cm³/mol. The zero-order valence-corrected chi connectivity index (χ0v) is 11.5. The highest BCUT2D eigenvalue weighted by Crippen LogP contribution is 2.23.